The van der Waals surface area contributed by atoms with Gasteiger partial charge in [-0.2, -0.15) is 0 Å². The highest BCUT2D eigenvalue weighted by atomic mass is 16.2. The highest BCUT2D eigenvalue weighted by Gasteiger charge is 2.25. The lowest BCUT2D eigenvalue weighted by Crippen LogP contribution is -2.52. The summed E-state index contributed by atoms with van der Waals surface area (Å²) in [5.74, 6) is 0.129. The molecule has 2 amide bonds. The van der Waals surface area contributed by atoms with Crippen molar-refractivity contribution in [1.82, 2.24) is 9.80 Å². The number of piperazine rings is 1. The van der Waals surface area contributed by atoms with E-state index in [1.165, 1.54) is 0 Å². The van der Waals surface area contributed by atoms with Crippen LogP contribution in [0.4, 0.5) is 11.4 Å². The van der Waals surface area contributed by atoms with E-state index in [1.54, 1.807) is 0 Å². The Kier molecular flexibility index (Phi) is 8.20. The zero-order valence-electron chi connectivity index (χ0n) is 18.9. The lowest BCUT2D eigenvalue weighted by atomic mass is 10.1. The Morgan fingerprint density at radius 2 is 1.48 bits per heavy atom. The average Bonchev–Trinajstić information content (AvgIpc) is 2.76. The van der Waals surface area contributed by atoms with Crippen LogP contribution in [0.3, 0.4) is 0 Å². The van der Waals surface area contributed by atoms with Gasteiger partial charge in [-0.15, -0.1) is 0 Å². The molecule has 31 heavy (non-hydrogen) atoms. The molecule has 2 aromatic carbocycles. The smallest absolute Gasteiger partial charge is 0.241 e. The molecule has 1 aliphatic rings. The molecular weight excluding hydrogens is 388 g/mol. The average molecular weight is 423 g/mol. The van der Waals surface area contributed by atoms with Crippen molar-refractivity contribution >= 4 is 23.2 Å². The Morgan fingerprint density at radius 3 is 2.10 bits per heavy atom. The highest BCUT2D eigenvalue weighted by Crippen LogP contribution is 2.18. The van der Waals surface area contributed by atoms with E-state index in [1.807, 2.05) is 73.3 Å². The first kappa shape index (κ1) is 23.0. The van der Waals surface area contributed by atoms with Gasteiger partial charge in [0.2, 0.25) is 11.8 Å². The van der Waals surface area contributed by atoms with Crippen LogP contribution in [0.2, 0.25) is 0 Å². The molecule has 0 bridgehead atoms. The van der Waals surface area contributed by atoms with Crippen molar-refractivity contribution in [3.05, 3.63) is 60.2 Å². The van der Waals surface area contributed by atoms with E-state index in [-0.39, 0.29) is 17.9 Å². The van der Waals surface area contributed by atoms with E-state index in [4.69, 9.17) is 0 Å². The van der Waals surface area contributed by atoms with Crippen molar-refractivity contribution in [1.29, 1.82) is 0 Å². The molecular formula is C25H34N4O2. The molecule has 6 heteroatoms. The van der Waals surface area contributed by atoms with Crippen LogP contribution in [0.1, 0.15) is 26.3 Å². The molecule has 3 rings (SSSR count). The summed E-state index contributed by atoms with van der Waals surface area (Å²) < 4.78 is 0. The quantitative estimate of drug-likeness (QED) is 0.710. The second kappa shape index (κ2) is 11.1. The van der Waals surface area contributed by atoms with Gasteiger partial charge in [0.25, 0.3) is 0 Å². The molecule has 0 saturated carbocycles. The second-order valence-electron chi connectivity index (χ2n) is 8.30. The maximum absolute atomic E-state index is 13.0. The number of carbonyl (C=O) groups excluding carboxylic acids is 2. The summed E-state index contributed by atoms with van der Waals surface area (Å²) in [5, 5.41) is 3.04. The minimum Gasteiger partial charge on any atom is -0.325 e. The third-order valence-electron chi connectivity index (χ3n) is 5.68. The fourth-order valence-electron chi connectivity index (χ4n) is 4.04. The van der Waals surface area contributed by atoms with Crippen LogP contribution >= 0.6 is 0 Å². The van der Waals surface area contributed by atoms with Crippen molar-refractivity contribution in [2.75, 3.05) is 49.5 Å². The van der Waals surface area contributed by atoms with Gasteiger partial charge in [-0.1, -0.05) is 43.3 Å². The summed E-state index contributed by atoms with van der Waals surface area (Å²) in [5.41, 5.74) is 2.98. The highest BCUT2D eigenvalue weighted by molar-refractivity contribution is 5.95. The number of anilines is 2. The minimum absolute atomic E-state index is 0.0143. The predicted molar refractivity (Wildman–Crippen MR) is 126 cm³/mol. The van der Waals surface area contributed by atoms with Crippen LogP contribution in [0.15, 0.2) is 54.6 Å². The van der Waals surface area contributed by atoms with E-state index in [2.05, 4.69) is 22.0 Å². The molecule has 2 aromatic rings. The van der Waals surface area contributed by atoms with Gasteiger partial charge in [0, 0.05) is 43.6 Å². The summed E-state index contributed by atoms with van der Waals surface area (Å²) in [7, 11) is 0. The lowest BCUT2D eigenvalue weighted by Gasteiger charge is -2.35. The number of hydrogen-bond acceptors (Lipinski definition) is 4. The molecule has 0 radical (unpaired) electrons. The van der Waals surface area contributed by atoms with Gasteiger partial charge in [-0.05, 0) is 44.0 Å². The molecule has 166 valence electrons. The van der Waals surface area contributed by atoms with Crippen LogP contribution in [-0.4, -0.2) is 66.9 Å². The van der Waals surface area contributed by atoms with E-state index < -0.39 is 0 Å². The van der Waals surface area contributed by atoms with Crippen molar-refractivity contribution in [3.63, 3.8) is 0 Å². The number of benzene rings is 2. The van der Waals surface area contributed by atoms with Crippen LogP contribution in [-0.2, 0) is 16.0 Å². The molecule has 0 spiro atoms. The lowest BCUT2D eigenvalue weighted by molar-refractivity contribution is -0.121. The Morgan fingerprint density at radius 1 is 0.903 bits per heavy atom. The van der Waals surface area contributed by atoms with E-state index >= 15 is 0 Å². The first-order chi connectivity index (χ1) is 15.0. The fourth-order valence-corrected chi connectivity index (χ4v) is 4.04. The molecule has 1 saturated heterocycles. The number of rotatable bonds is 8. The number of nitrogens with zero attached hydrogens (tertiary/aromatic N) is 3. The SMILES string of the molecule is CCc1ccccc1NC(=O)CN1CCN(CC(=O)N(c2ccccc2)C(C)C)CC1. The molecule has 0 aromatic heterocycles. The third kappa shape index (κ3) is 6.39. The molecule has 0 atom stereocenters. The van der Waals surface area contributed by atoms with Crippen LogP contribution in [0.5, 0.6) is 0 Å². The number of para-hydroxylation sites is 2. The number of carbonyl (C=O) groups is 2. The summed E-state index contributed by atoms with van der Waals surface area (Å²) in [6.07, 6.45) is 0.888. The molecule has 1 heterocycles. The van der Waals surface area contributed by atoms with Crippen LogP contribution < -0.4 is 10.2 Å². The maximum Gasteiger partial charge on any atom is 0.241 e. The summed E-state index contributed by atoms with van der Waals surface area (Å²) in [4.78, 5) is 31.7. The molecule has 0 unspecified atom stereocenters. The Bertz CT molecular complexity index is 861. The van der Waals surface area contributed by atoms with Crippen molar-refractivity contribution in [2.45, 2.75) is 33.2 Å². The number of amides is 2. The standard InChI is InChI=1S/C25H34N4O2/c1-4-21-10-8-9-13-23(21)26-24(30)18-27-14-16-28(17-15-27)19-25(31)29(20(2)3)22-11-6-5-7-12-22/h5-13,20H,4,14-19H2,1-3H3,(H,26,30). The number of nitrogens with one attached hydrogen (secondary N) is 1. The number of hydrogen-bond donors (Lipinski definition) is 1. The van der Waals surface area contributed by atoms with Crippen molar-refractivity contribution < 1.29 is 9.59 Å². The van der Waals surface area contributed by atoms with E-state index in [0.717, 1.165) is 49.5 Å². The molecule has 1 N–H and O–H groups in total. The zero-order chi connectivity index (χ0) is 22.2. The Hall–Kier alpha value is -2.70. The molecule has 1 fully saturated rings. The van der Waals surface area contributed by atoms with Gasteiger partial charge in [0.15, 0.2) is 0 Å². The summed E-state index contributed by atoms with van der Waals surface area (Å²) >= 11 is 0. The summed E-state index contributed by atoms with van der Waals surface area (Å²) in [6.45, 7) is 10.1. The monoisotopic (exact) mass is 422 g/mol. The summed E-state index contributed by atoms with van der Waals surface area (Å²) in [6, 6.07) is 17.9. The van der Waals surface area contributed by atoms with Crippen LogP contribution in [0, 0.1) is 0 Å². The molecule has 6 nitrogen and oxygen atoms in total. The number of aryl methyl sites for hydroxylation is 1. The minimum atomic E-state index is 0.0143. The molecule has 1 aliphatic heterocycles. The predicted octanol–water partition coefficient (Wildman–Crippen LogP) is 3.25. The second-order valence-corrected chi connectivity index (χ2v) is 8.30. The van der Waals surface area contributed by atoms with Gasteiger partial charge in [0.1, 0.15) is 0 Å². The first-order valence-corrected chi connectivity index (χ1v) is 11.2. The van der Waals surface area contributed by atoms with Gasteiger partial charge in [-0.3, -0.25) is 19.4 Å². The molecule has 0 aliphatic carbocycles. The zero-order valence-corrected chi connectivity index (χ0v) is 18.9. The van der Waals surface area contributed by atoms with Crippen molar-refractivity contribution in [3.8, 4) is 0 Å². The van der Waals surface area contributed by atoms with Crippen LogP contribution in [0.25, 0.3) is 0 Å². The topological polar surface area (TPSA) is 55.9 Å². The van der Waals surface area contributed by atoms with E-state index in [9.17, 15) is 9.59 Å². The largest absolute Gasteiger partial charge is 0.325 e. The maximum atomic E-state index is 13.0. The van der Waals surface area contributed by atoms with E-state index in [0.29, 0.717) is 13.1 Å². The van der Waals surface area contributed by atoms with Gasteiger partial charge >= 0.3 is 0 Å². The van der Waals surface area contributed by atoms with Crippen molar-refractivity contribution in [2.24, 2.45) is 0 Å². The fraction of sp³-hybridized carbons (Fsp3) is 0.440. The van der Waals surface area contributed by atoms with Gasteiger partial charge in [-0.25, -0.2) is 0 Å². The third-order valence-corrected chi connectivity index (χ3v) is 5.68. The Balaban J connectivity index is 1.48. The Labute approximate surface area is 185 Å². The first-order valence-electron chi connectivity index (χ1n) is 11.2. The van der Waals surface area contributed by atoms with Gasteiger partial charge < -0.3 is 10.2 Å². The van der Waals surface area contributed by atoms with Gasteiger partial charge in [0.05, 0.1) is 13.1 Å². The normalized spacial score (nSPS) is 15.1.